The second kappa shape index (κ2) is 22.2. The molecule has 236 valence electrons. The van der Waals surface area contributed by atoms with E-state index < -0.39 is 5.54 Å². The number of carbonyl (C=O) groups excluding carboxylic acids is 1. The number of carbonyl (C=O) groups is 1. The van der Waals surface area contributed by atoms with Crippen LogP contribution in [-0.2, 0) is 19.0 Å². The number of ether oxygens (including phenoxy) is 3. The first-order valence-electron chi connectivity index (χ1n) is 14.3. The molecule has 0 atom stereocenters. The van der Waals surface area contributed by atoms with Gasteiger partial charge < -0.3 is 62.1 Å². The van der Waals surface area contributed by atoms with Gasteiger partial charge in [0.25, 0.3) is 0 Å². The fraction of sp³-hybridized carbons (Fsp3) is 0.880. The number of fused-ring (bicyclic) bond motifs is 12. The van der Waals surface area contributed by atoms with Crippen molar-refractivity contribution in [2.45, 2.75) is 30.8 Å². The molecule has 0 aromatic heterocycles. The quantitative estimate of drug-likeness (QED) is 0.0506. The molecular formula is C25H50N10O4S2. The standard InChI is InChI=1S/C25H50N10O4S2/c1-22(36)34-24-12-27-19-30-15-25(16-31-20-28-13-24,17-32-21-29-14-24)35-23(40)33-4-2-5-37-7-9-39-10-8-38-6-3-11-41-18-26/h27-32H,2-17,19-21H2,1H3,(H,34,36)(H2,33,35,40). The van der Waals surface area contributed by atoms with Crippen molar-refractivity contribution < 1.29 is 19.0 Å². The van der Waals surface area contributed by atoms with Crippen molar-refractivity contribution in [2.75, 3.05) is 111 Å². The van der Waals surface area contributed by atoms with Crippen LogP contribution in [0.5, 0.6) is 0 Å². The Bertz CT molecular complexity index is 738. The molecule has 41 heavy (non-hydrogen) atoms. The second-order valence-electron chi connectivity index (χ2n) is 10.2. The van der Waals surface area contributed by atoms with Crippen LogP contribution >= 0.6 is 24.0 Å². The summed E-state index contributed by atoms with van der Waals surface area (Å²) in [6, 6.07) is 0. The van der Waals surface area contributed by atoms with Crippen LogP contribution in [-0.4, -0.2) is 133 Å². The lowest BCUT2D eigenvalue weighted by atomic mass is 9.97. The molecule has 16 heteroatoms. The fourth-order valence-electron chi connectivity index (χ4n) is 4.57. The number of thiocyanates is 1. The first-order chi connectivity index (χ1) is 20.0. The van der Waals surface area contributed by atoms with Crippen molar-refractivity contribution in [1.29, 1.82) is 5.26 Å². The van der Waals surface area contributed by atoms with Gasteiger partial charge in [0.2, 0.25) is 5.91 Å². The highest BCUT2D eigenvalue weighted by Crippen LogP contribution is 2.06. The van der Waals surface area contributed by atoms with Crippen LogP contribution in [0.2, 0.25) is 0 Å². The summed E-state index contributed by atoms with van der Waals surface area (Å²) in [5.41, 5.74) is -0.809. The van der Waals surface area contributed by atoms with Gasteiger partial charge in [-0.25, -0.2) is 0 Å². The molecule has 0 aliphatic carbocycles. The molecule has 0 aromatic rings. The van der Waals surface area contributed by atoms with Gasteiger partial charge in [0, 0.05) is 91.7 Å². The smallest absolute Gasteiger partial charge is 0.217 e. The predicted molar refractivity (Wildman–Crippen MR) is 165 cm³/mol. The summed E-state index contributed by atoms with van der Waals surface area (Å²) in [6.07, 6.45) is 1.69. The molecule has 1 amide bonds. The molecule has 0 unspecified atom stereocenters. The van der Waals surface area contributed by atoms with Gasteiger partial charge in [-0.1, -0.05) is 0 Å². The molecule has 14 nitrogen and oxygen atoms in total. The summed E-state index contributed by atoms with van der Waals surface area (Å²) in [5, 5.41) is 41.9. The molecule has 0 spiro atoms. The zero-order chi connectivity index (χ0) is 29.5. The van der Waals surface area contributed by atoms with Crippen LogP contribution in [0.4, 0.5) is 0 Å². The molecule has 2 bridgehead atoms. The van der Waals surface area contributed by atoms with E-state index in [-0.39, 0.29) is 11.4 Å². The van der Waals surface area contributed by atoms with E-state index in [0.717, 1.165) is 18.6 Å². The molecule has 3 rings (SSSR count). The number of rotatable bonds is 16. The minimum absolute atomic E-state index is 0.0506. The molecule has 3 aliphatic heterocycles. The number of nitrogens with one attached hydrogen (secondary N) is 9. The van der Waals surface area contributed by atoms with Crippen molar-refractivity contribution in [3.63, 3.8) is 0 Å². The Labute approximate surface area is 254 Å². The number of hydrogen-bond donors (Lipinski definition) is 9. The molecule has 0 aromatic carbocycles. The van der Waals surface area contributed by atoms with Crippen LogP contribution in [0.3, 0.4) is 0 Å². The van der Waals surface area contributed by atoms with E-state index in [0.29, 0.717) is 111 Å². The van der Waals surface area contributed by atoms with E-state index in [2.05, 4.69) is 47.9 Å². The van der Waals surface area contributed by atoms with Crippen molar-refractivity contribution in [3.8, 4) is 5.40 Å². The van der Waals surface area contributed by atoms with Gasteiger partial charge in [-0.3, -0.25) is 4.79 Å². The Balaban J connectivity index is 1.65. The largest absolute Gasteiger partial charge is 0.379 e. The summed E-state index contributed by atoms with van der Waals surface area (Å²) >= 11 is 6.90. The first-order valence-corrected chi connectivity index (χ1v) is 15.7. The normalized spacial score (nSPS) is 24.0. The van der Waals surface area contributed by atoms with E-state index in [1.165, 1.54) is 11.8 Å². The minimum atomic E-state index is -0.444. The predicted octanol–water partition coefficient (Wildman–Crippen LogP) is -2.45. The Morgan fingerprint density at radius 1 is 0.780 bits per heavy atom. The van der Waals surface area contributed by atoms with Crippen LogP contribution in [0, 0.1) is 10.7 Å². The third-order valence-electron chi connectivity index (χ3n) is 6.44. The zero-order valence-corrected chi connectivity index (χ0v) is 26.0. The van der Waals surface area contributed by atoms with Crippen molar-refractivity contribution in [2.24, 2.45) is 0 Å². The zero-order valence-electron chi connectivity index (χ0n) is 24.3. The lowest BCUT2D eigenvalue weighted by molar-refractivity contribution is -0.120. The Kier molecular flexibility index (Phi) is 19.4. The molecule has 3 saturated heterocycles. The van der Waals surface area contributed by atoms with E-state index in [9.17, 15) is 4.79 Å². The van der Waals surface area contributed by atoms with E-state index in [1.807, 2.05) is 5.40 Å². The van der Waals surface area contributed by atoms with Gasteiger partial charge in [0.05, 0.1) is 37.5 Å². The number of thioether (sulfide) groups is 1. The summed E-state index contributed by atoms with van der Waals surface area (Å²) in [5.74, 6) is 0.745. The Morgan fingerprint density at radius 2 is 1.22 bits per heavy atom. The van der Waals surface area contributed by atoms with Crippen LogP contribution < -0.4 is 47.9 Å². The highest BCUT2D eigenvalue weighted by atomic mass is 32.2. The van der Waals surface area contributed by atoms with Gasteiger partial charge in [-0.15, -0.1) is 0 Å². The molecule has 0 saturated carbocycles. The first kappa shape index (κ1) is 35.8. The fourth-order valence-corrected chi connectivity index (χ4v) is 5.24. The Hall–Kier alpha value is -1.36. The highest BCUT2D eigenvalue weighted by molar-refractivity contribution is 8.03. The number of thiocarbonyl (C=S) groups is 1. The number of amides is 1. The molecular weight excluding hydrogens is 568 g/mol. The highest BCUT2D eigenvalue weighted by Gasteiger charge is 2.34. The lowest BCUT2D eigenvalue weighted by Gasteiger charge is -2.40. The van der Waals surface area contributed by atoms with Gasteiger partial charge in [0.15, 0.2) is 5.11 Å². The summed E-state index contributed by atoms with van der Waals surface area (Å²) < 4.78 is 16.6. The number of nitrogens with zero attached hydrogens (tertiary/aromatic N) is 1. The maximum absolute atomic E-state index is 11.9. The van der Waals surface area contributed by atoms with Crippen molar-refractivity contribution >= 4 is 35.0 Å². The summed E-state index contributed by atoms with van der Waals surface area (Å²) in [6.45, 7) is 11.3. The van der Waals surface area contributed by atoms with Gasteiger partial charge in [-0.05, 0) is 36.8 Å². The van der Waals surface area contributed by atoms with Crippen LogP contribution in [0.25, 0.3) is 0 Å². The van der Waals surface area contributed by atoms with Crippen molar-refractivity contribution in [1.82, 2.24) is 47.9 Å². The molecule has 9 N–H and O–H groups in total. The third kappa shape index (κ3) is 16.8. The minimum Gasteiger partial charge on any atom is -0.379 e. The topological polar surface area (TPSA) is 177 Å². The molecule has 3 heterocycles. The van der Waals surface area contributed by atoms with Crippen molar-refractivity contribution in [3.05, 3.63) is 0 Å². The maximum Gasteiger partial charge on any atom is 0.217 e. The van der Waals surface area contributed by atoms with E-state index in [4.69, 9.17) is 31.7 Å². The summed E-state index contributed by atoms with van der Waals surface area (Å²) in [7, 11) is 0. The molecule has 3 fully saturated rings. The van der Waals surface area contributed by atoms with Gasteiger partial charge >= 0.3 is 0 Å². The van der Waals surface area contributed by atoms with E-state index in [1.54, 1.807) is 6.92 Å². The third-order valence-corrected chi connectivity index (χ3v) is 7.31. The second-order valence-corrected chi connectivity index (χ2v) is 11.5. The number of hydrogen-bond acceptors (Lipinski definition) is 13. The number of nitriles is 1. The van der Waals surface area contributed by atoms with Gasteiger partial charge in [0.1, 0.15) is 5.40 Å². The van der Waals surface area contributed by atoms with Crippen LogP contribution in [0.1, 0.15) is 19.8 Å². The monoisotopic (exact) mass is 618 g/mol. The van der Waals surface area contributed by atoms with E-state index >= 15 is 0 Å². The average molecular weight is 619 g/mol. The average Bonchev–Trinajstić information content (AvgIpc) is 2.92. The van der Waals surface area contributed by atoms with Crippen LogP contribution in [0.15, 0.2) is 0 Å². The maximum atomic E-state index is 11.9. The SMILES string of the molecule is CC(=O)NC12CNCNCC(NC(=S)NCCCOCCOCCOCCCSC#N)(CNCNC1)CNCNC2. The summed E-state index contributed by atoms with van der Waals surface area (Å²) in [4.78, 5) is 11.9. The Morgan fingerprint density at radius 3 is 1.68 bits per heavy atom. The molecule has 0 radical (unpaired) electrons. The lowest BCUT2D eigenvalue weighted by Crippen LogP contribution is -2.71. The molecule has 3 aliphatic rings. The van der Waals surface area contributed by atoms with Gasteiger partial charge in [-0.2, -0.15) is 5.26 Å².